The summed E-state index contributed by atoms with van der Waals surface area (Å²) in [6.45, 7) is 2.31. The number of carbonyl (C=O) groups is 2. The van der Waals surface area contributed by atoms with Gasteiger partial charge in [0.15, 0.2) is 0 Å². The Balaban J connectivity index is 1.31. The van der Waals surface area contributed by atoms with Crippen LogP contribution in [0.4, 0.5) is 4.79 Å². The van der Waals surface area contributed by atoms with E-state index in [-0.39, 0.29) is 11.5 Å². The third kappa shape index (κ3) is 5.57. The van der Waals surface area contributed by atoms with E-state index in [0.29, 0.717) is 34.4 Å². The largest absolute Gasteiger partial charge is 0.511 e. The average Bonchev–Trinajstić information content (AvgIpc) is 3.29. The van der Waals surface area contributed by atoms with Gasteiger partial charge in [0.05, 0.1) is 0 Å². The number of alkyl halides is 1. The molecule has 6 rings (SSSR count). The Kier molecular flexibility index (Phi) is 8.81. The fourth-order valence-corrected chi connectivity index (χ4v) is 8.36. The molecule has 0 heterocycles. The molecular formula is C37H41ClO5. The van der Waals surface area contributed by atoms with Gasteiger partial charge in [0.2, 0.25) is 5.56 Å². The Morgan fingerprint density at radius 3 is 1.88 bits per heavy atom. The van der Waals surface area contributed by atoms with Crippen LogP contribution in [0.2, 0.25) is 0 Å². The fraction of sp³-hybridized carbons (Fsp3) is 0.459. The maximum Gasteiger partial charge on any atom is 0.511 e. The lowest BCUT2D eigenvalue weighted by atomic mass is 9.40. The van der Waals surface area contributed by atoms with Gasteiger partial charge in [-0.25, -0.2) is 9.59 Å². The molecule has 0 aliphatic heterocycles. The summed E-state index contributed by atoms with van der Waals surface area (Å²) in [5.41, 5.74) is -1.37. The molecule has 6 heteroatoms. The summed E-state index contributed by atoms with van der Waals surface area (Å²) in [7, 11) is 0. The molecule has 43 heavy (non-hydrogen) atoms. The zero-order valence-corrected chi connectivity index (χ0v) is 25.6. The second-order valence-corrected chi connectivity index (χ2v) is 13.0. The molecule has 3 aromatic carbocycles. The highest BCUT2D eigenvalue weighted by Gasteiger charge is 2.66. The number of ether oxygens (including phenoxy) is 3. The second kappa shape index (κ2) is 12.7. The lowest BCUT2D eigenvalue weighted by Crippen LogP contribution is -2.65. The third-order valence-corrected chi connectivity index (χ3v) is 10.9. The van der Waals surface area contributed by atoms with Crippen LogP contribution >= 0.6 is 11.6 Å². The van der Waals surface area contributed by atoms with Crippen molar-refractivity contribution in [2.45, 2.75) is 82.0 Å². The molecule has 5 unspecified atom stereocenters. The first kappa shape index (κ1) is 29.7. The summed E-state index contributed by atoms with van der Waals surface area (Å²) in [4.78, 5) is 28.1. The van der Waals surface area contributed by atoms with Gasteiger partial charge in [0.25, 0.3) is 5.60 Å². The first-order valence-electron chi connectivity index (χ1n) is 15.9. The van der Waals surface area contributed by atoms with Crippen molar-refractivity contribution in [3.05, 3.63) is 108 Å². The Morgan fingerprint density at radius 2 is 1.37 bits per heavy atom. The Labute approximate surface area is 259 Å². The Hall–Kier alpha value is -3.31. The van der Waals surface area contributed by atoms with E-state index in [1.54, 1.807) is 36.4 Å². The molecule has 3 aliphatic carbocycles. The normalized spacial score (nSPS) is 26.3. The number of esters is 1. The predicted octanol–water partition coefficient (Wildman–Crippen LogP) is 9.34. The van der Waals surface area contributed by atoms with Gasteiger partial charge in [-0.3, -0.25) is 0 Å². The molecule has 0 saturated heterocycles. The van der Waals surface area contributed by atoms with E-state index in [4.69, 9.17) is 25.8 Å². The van der Waals surface area contributed by atoms with Gasteiger partial charge in [-0.15, -0.1) is 0 Å². The first-order valence-corrected chi connectivity index (χ1v) is 16.3. The molecule has 0 N–H and O–H groups in total. The summed E-state index contributed by atoms with van der Waals surface area (Å²) in [6.07, 6.45) is 9.60. The van der Waals surface area contributed by atoms with E-state index < -0.39 is 23.3 Å². The van der Waals surface area contributed by atoms with Crippen LogP contribution in [0.25, 0.3) is 0 Å². The lowest BCUT2D eigenvalue weighted by Gasteiger charge is -2.66. The van der Waals surface area contributed by atoms with Gasteiger partial charge in [0.1, 0.15) is 6.10 Å². The van der Waals surface area contributed by atoms with Gasteiger partial charge < -0.3 is 14.2 Å². The molecule has 5 nitrogen and oxygen atoms in total. The van der Waals surface area contributed by atoms with Crippen LogP contribution in [-0.4, -0.2) is 18.2 Å². The summed E-state index contributed by atoms with van der Waals surface area (Å²) < 4.78 is 18.2. The van der Waals surface area contributed by atoms with Crippen molar-refractivity contribution >= 4 is 23.7 Å². The monoisotopic (exact) mass is 600 g/mol. The van der Waals surface area contributed by atoms with E-state index in [9.17, 15) is 9.59 Å². The molecule has 3 aliphatic rings. The van der Waals surface area contributed by atoms with Gasteiger partial charge in [-0.2, -0.15) is 0 Å². The van der Waals surface area contributed by atoms with Crippen LogP contribution in [-0.2, 0) is 24.6 Å². The van der Waals surface area contributed by atoms with Crippen LogP contribution in [0.3, 0.4) is 0 Å². The van der Waals surface area contributed by atoms with Crippen molar-refractivity contribution in [2.75, 3.05) is 0 Å². The number of benzene rings is 3. The van der Waals surface area contributed by atoms with E-state index in [1.165, 1.54) is 44.9 Å². The van der Waals surface area contributed by atoms with Gasteiger partial charge in [-0.1, -0.05) is 148 Å². The van der Waals surface area contributed by atoms with Crippen LogP contribution in [0.5, 0.6) is 0 Å². The fourth-order valence-electron chi connectivity index (χ4n) is 8.14. The van der Waals surface area contributed by atoms with Crippen LogP contribution in [0.1, 0.15) is 87.0 Å². The topological polar surface area (TPSA) is 61.8 Å². The minimum absolute atomic E-state index is 0.00116. The minimum Gasteiger partial charge on any atom is -0.458 e. The van der Waals surface area contributed by atoms with Crippen molar-refractivity contribution < 1.29 is 23.8 Å². The maximum absolute atomic E-state index is 14.6. The molecule has 5 atom stereocenters. The summed E-state index contributed by atoms with van der Waals surface area (Å²) in [5, 5.41) is 0. The molecule has 0 bridgehead atoms. The van der Waals surface area contributed by atoms with E-state index in [1.807, 2.05) is 54.6 Å². The summed E-state index contributed by atoms with van der Waals surface area (Å²) >= 11 is 6.46. The molecule has 3 saturated carbocycles. The third-order valence-electron chi connectivity index (χ3n) is 10.5. The molecule has 1 spiro atoms. The molecule has 3 fully saturated rings. The SMILES string of the molecule is CC1CC(OC(=O)C(OC(=O)OC(Cl)c2ccccc2)(c2ccccc2)c2ccccc2)C12CCC2C1CCCCCC1. The van der Waals surface area contributed by atoms with E-state index >= 15 is 0 Å². The Bertz CT molecular complexity index is 1330. The highest BCUT2D eigenvalue weighted by atomic mass is 35.5. The molecule has 226 valence electrons. The van der Waals surface area contributed by atoms with Crippen molar-refractivity contribution in [3.63, 3.8) is 0 Å². The zero-order valence-electron chi connectivity index (χ0n) is 24.8. The van der Waals surface area contributed by atoms with Crippen LogP contribution in [0, 0.1) is 23.2 Å². The highest BCUT2D eigenvalue weighted by molar-refractivity contribution is 6.20. The standard InChI is InChI=1S/C37H41ClO5/c1-26-25-32(36(26)24-23-31(36)27-15-7-2-3-8-16-27)41-34(39)37(29-19-11-5-12-20-29,30-21-13-6-14-22-30)43-35(40)42-33(38)28-17-9-4-10-18-28/h4-6,9-14,17-22,26-27,31-33H,2-3,7-8,15-16,23-25H2,1H3. The summed E-state index contributed by atoms with van der Waals surface area (Å²) in [5.74, 6) is 1.15. The van der Waals surface area contributed by atoms with Crippen LogP contribution < -0.4 is 0 Å². The van der Waals surface area contributed by atoms with E-state index in [0.717, 1.165) is 12.8 Å². The van der Waals surface area contributed by atoms with Crippen molar-refractivity contribution in [2.24, 2.45) is 23.2 Å². The van der Waals surface area contributed by atoms with Crippen molar-refractivity contribution in [1.82, 2.24) is 0 Å². The Morgan fingerprint density at radius 1 is 0.814 bits per heavy atom. The highest BCUT2D eigenvalue weighted by Crippen LogP contribution is 2.67. The van der Waals surface area contributed by atoms with Gasteiger partial charge in [-0.05, 0) is 37.0 Å². The van der Waals surface area contributed by atoms with E-state index in [2.05, 4.69) is 6.92 Å². The zero-order chi connectivity index (χ0) is 29.9. The molecule has 0 radical (unpaired) electrons. The smallest absolute Gasteiger partial charge is 0.458 e. The predicted molar refractivity (Wildman–Crippen MR) is 166 cm³/mol. The number of hydrogen-bond acceptors (Lipinski definition) is 5. The number of rotatable bonds is 8. The molecule has 3 aromatic rings. The average molecular weight is 601 g/mol. The van der Waals surface area contributed by atoms with Crippen molar-refractivity contribution in [3.8, 4) is 0 Å². The maximum atomic E-state index is 14.6. The van der Waals surface area contributed by atoms with Gasteiger partial charge >= 0.3 is 12.1 Å². The number of hydrogen-bond donors (Lipinski definition) is 0. The lowest BCUT2D eigenvalue weighted by molar-refractivity contribution is -0.244. The van der Waals surface area contributed by atoms with Gasteiger partial charge in [0, 0.05) is 22.1 Å². The van der Waals surface area contributed by atoms with Crippen molar-refractivity contribution in [1.29, 1.82) is 0 Å². The second-order valence-electron chi connectivity index (χ2n) is 12.6. The molecule has 0 amide bonds. The number of halogens is 1. The first-order chi connectivity index (χ1) is 20.9. The number of carbonyl (C=O) groups excluding carboxylic acids is 2. The quantitative estimate of drug-likeness (QED) is 0.146. The molecular weight excluding hydrogens is 560 g/mol. The minimum atomic E-state index is -1.87. The van der Waals surface area contributed by atoms with Crippen LogP contribution in [0.15, 0.2) is 91.0 Å². The summed E-state index contributed by atoms with van der Waals surface area (Å²) in [6, 6.07) is 27.2. The molecule has 0 aromatic heterocycles.